The molecule has 0 fully saturated rings. The van der Waals surface area contributed by atoms with Crippen LogP contribution in [-0.4, -0.2) is 41.2 Å². The van der Waals surface area contributed by atoms with Crippen LogP contribution in [0.25, 0.3) is 5.82 Å². The van der Waals surface area contributed by atoms with Gasteiger partial charge in [0.1, 0.15) is 18.5 Å². The number of fused-ring (bicyclic) bond motifs is 1. The predicted molar refractivity (Wildman–Crippen MR) is 81.0 cm³/mol. The maximum Gasteiger partial charge on any atom is 0.255 e. The number of carbonyl (C=O) groups is 1. The molecule has 1 N–H and O–H groups in total. The lowest BCUT2D eigenvalue weighted by atomic mass is 10.1. The summed E-state index contributed by atoms with van der Waals surface area (Å²) < 4.78 is 3.57. The highest BCUT2D eigenvalue weighted by molar-refractivity contribution is 5.97. The summed E-state index contributed by atoms with van der Waals surface area (Å²) in [5.74, 6) is 1.39. The van der Waals surface area contributed by atoms with Crippen LogP contribution in [0.15, 0.2) is 43.4 Å². The topological polar surface area (TPSA) is 90.5 Å². The molecular formula is C15H15N7O. The summed E-state index contributed by atoms with van der Waals surface area (Å²) in [5, 5.41) is 7.13. The number of aromatic nitrogens is 6. The van der Waals surface area contributed by atoms with Crippen LogP contribution in [0.4, 0.5) is 0 Å². The Balaban J connectivity index is 1.54. The zero-order valence-electron chi connectivity index (χ0n) is 12.3. The van der Waals surface area contributed by atoms with E-state index < -0.39 is 0 Å². The molecule has 1 amide bonds. The molecule has 4 heterocycles. The Labute approximate surface area is 132 Å². The number of aryl methyl sites for hydroxylation is 1. The lowest BCUT2D eigenvalue weighted by Gasteiger charge is -2.25. The summed E-state index contributed by atoms with van der Waals surface area (Å²) >= 11 is 0. The Morgan fingerprint density at radius 3 is 3.13 bits per heavy atom. The molecule has 0 saturated carbocycles. The van der Waals surface area contributed by atoms with Crippen LogP contribution in [0.1, 0.15) is 22.6 Å². The van der Waals surface area contributed by atoms with E-state index in [0.29, 0.717) is 11.4 Å². The number of pyridine rings is 1. The largest absolute Gasteiger partial charge is 0.347 e. The zero-order valence-corrected chi connectivity index (χ0v) is 12.3. The molecule has 116 valence electrons. The van der Waals surface area contributed by atoms with Crippen molar-refractivity contribution < 1.29 is 4.79 Å². The molecule has 0 saturated heterocycles. The highest BCUT2D eigenvalue weighted by Gasteiger charge is 2.22. The molecule has 8 nitrogen and oxygen atoms in total. The second-order valence-electron chi connectivity index (χ2n) is 5.42. The first-order valence-electron chi connectivity index (χ1n) is 7.42. The predicted octanol–water partition coefficient (Wildman–Crippen LogP) is 0.604. The van der Waals surface area contributed by atoms with Gasteiger partial charge in [-0.05, 0) is 18.6 Å². The Hall–Kier alpha value is -3.03. The number of hydrogen-bond donors (Lipinski definition) is 1. The quantitative estimate of drug-likeness (QED) is 0.765. The summed E-state index contributed by atoms with van der Waals surface area (Å²) in [6.07, 6.45) is 10.0. The van der Waals surface area contributed by atoms with Gasteiger partial charge >= 0.3 is 0 Å². The molecule has 4 rings (SSSR count). The number of rotatable bonds is 3. The SMILES string of the molecule is O=C(NC1CCc2nccn2C1)c1cccnc1-n1cncn1. The van der Waals surface area contributed by atoms with Crippen molar-refractivity contribution in [2.45, 2.75) is 25.4 Å². The average Bonchev–Trinajstić information content (AvgIpc) is 3.26. The van der Waals surface area contributed by atoms with E-state index in [2.05, 4.69) is 29.9 Å². The van der Waals surface area contributed by atoms with Crippen LogP contribution in [0.5, 0.6) is 0 Å². The summed E-state index contributed by atoms with van der Waals surface area (Å²) in [4.78, 5) is 25.1. The van der Waals surface area contributed by atoms with E-state index >= 15 is 0 Å². The third kappa shape index (κ3) is 2.59. The van der Waals surface area contributed by atoms with Crippen molar-refractivity contribution in [1.82, 2.24) is 34.6 Å². The van der Waals surface area contributed by atoms with Gasteiger partial charge in [-0.25, -0.2) is 19.6 Å². The normalized spacial score (nSPS) is 16.8. The Morgan fingerprint density at radius 2 is 2.26 bits per heavy atom. The number of hydrogen-bond acceptors (Lipinski definition) is 5. The zero-order chi connectivity index (χ0) is 15.6. The van der Waals surface area contributed by atoms with Crippen LogP contribution < -0.4 is 5.32 Å². The van der Waals surface area contributed by atoms with Gasteiger partial charge < -0.3 is 9.88 Å². The van der Waals surface area contributed by atoms with Crippen molar-refractivity contribution in [2.24, 2.45) is 0 Å². The first-order valence-corrected chi connectivity index (χ1v) is 7.42. The number of amides is 1. The van der Waals surface area contributed by atoms with Crippen LogP contribution in [0.3, 0.4) is 0 Å². The molecule has 0 spiro atoms. The third-order valence-corrected chi connectivity index (χ3v) is 3.94. The summed E-state index contributed by atoms with van der Waals surface area (Å²) in [6.45, 7) is 0.736. The van der Waals surface area contributed by atoms with Crippen molar-refractivity contribution in [3.05, 3.63) is 54.8 Å². The van der Waals surface area contributed by atoms with Crippen LogP contribution in [0, 0.1) is 0 Å². The van der Waals surface area contributed by atoms with Gasteiger partial charge in [0.2, 0.25) is 0 Å². The van der Waals surface area contributed by atoms with Gasteiger partial charge in [0.15, 0.2) is 5.82 Å². The molecule has 1 aliphatic rings. The maximum absolute atomic E-state index is 12.6. The minimum atomic E-state index is -0.155. The fraction of sp³-hybridized carbons (Fsp3) is 0.267. The van der Waals surface area contributed by atoms with Gasteiger partial charge in [0.25, 0.3) is 5.91 Å². The van der Waals surface area contributed by atoms with E-state index in [1.165, 1.54) is 17.3 Å². The summed E-state index contributed by atoms with van der Waals surface area (Å²) in [7, 11) is 0. The Morgan fingerprint density at radius 1 is 1.30 bits per heavy atom. The maximum atomic E-state index is 12.6. The molecule has 3 aromatic heterocycles. The molecule has 23 heavy (non-hydrogen) atoms. The van der Waals surface area contributed by atoms with E-state index in [0.717, 1.165) is 25.2 Å². The van der Waals surface area contributed by atoms with E-state index in [1.54, 1.807) is 24.5 Å². The van der Waals surface area contributed by atoms with Gasteiger partial charge in [-0.15, -0.1) is 0 Å². The Kier molecular flexibility index (Phi) is 3.34. The van der Waals surface area contributed by atoms with Gasteiger partial charge in [-0.2, -0.15) is 5.10 Å². The molecule has 1 unspecified atom stereocenters. The Bertz CT molecular complexity index is 824. The number of nitrogens with zero attached hydrogens (tertiary/aromatic N) is 6. The van der Waals surface area contributed by atoms with Crippen molar-refractivity contribution in [3.63, 3.8) is 0 Å². The standard InChI is InChI=1S/C15H15N7O/c23-15(20-11-3-4-13-17-6-7-21(13)8-11)12-2-1-5-18-14(12)22-10-16-9-19-22/h1-2,5-7,9-11H,3-4,8H2,(H,20,23). The molecule has 0 radical (unpaired) electrons. The number of imidazole rings is 1. The van der Waals surface area contributed by atoms with Gasteiger partial charge in [-0.1, -0.05) is 0 Å². The lowest BCUT2D eigenvalue weighted by molar-refractivity contribution is 0.0927. The molecule has 1 atom stereocenters. The summed E-state index contributed by atoms with van der Waals surface area (Å²) in [5.41, 5.74) is 0.481. The molecule has 0 bridgehead atoms. The van der Waals surface area contributed by atoms with Gasteiger partial charge in [0.05, 0.1) is 5.56 Å². The highest BCUT2D eigenvalue weighted by Crippen LogP contribution is 2.15. The van der Waals surface area contributed by atoms with Crippen molar-refractivity contribution in [3.8, 4) is 5.82 Å². The third-order valence-electron chi connectivity index (χ3n) is 3.94. The number of nitrogens with one attached hydrogen (secondary N) is 1. The van der Waals surface area contributed by atoms with Gasteiger partial charge in [0, 0.05) is 37.6 Å². The molecule has 0 aromatic carbocycles. The van der Waals surface area contributed by atoms with E-state index in [4.69, 9.17) is 0 Å². The molecule has 0 aliphatic carbocycles. The van der Waals surface area contributed by atoms with Crippen molar-refractivity contribution >= 4 is 5.91 Å². The van der Waals surface area contributed by atoms with Crippen LogP contribution >= 0.6 is 0 Å². The van der Waals surface area contributed by atoms with E-state index in [1.807, 2.05) is 6.20 Å². The lowest BCUT2D eigenvalue weighted by Crippen LogP contribution is -2.41. The van der Waals surface area contributed by atoms with Crippen LogP contribution in [-0.2, 0) is 13.0 Å². The smallest absolute Gasteiger partial charge is 0.255 e. The first-order chi connectivity index (χ1) is 11.3. The first kappa shape index (κ1) is 13.6. The molecular weight excluding hydrogens is 294 g/mol. The number of carbonyl (C=O) groups excluding carboxylic acids is 1. The minimum absolute atomic E-state index is 0.0769. The average molecular weight is 309 g/mol. The molecule has 8 heteroatoms. The fourth-order valence-corrected chi connectivity index (χ4v) is 2.82. The van der Waals surface area contributed by atoms with Crippen molar-refractivity contribution in [1.29, 1.82) is 0 Å². The molecule has 1 aliphatic heterocycles. The van der Waals surface area contributed by atoms with Gasteiger partial charge in [-0.3, -0.25) is 4.79 Å². The van der Waals surface area contributed by atoms with E-state index in [9.17, 15) is 4.79 Å². The van der Waals surface area contributed by atoms with Crippen molar-refractivity contribution in [2.75, 3.05) is 0 Å². The fourth-order valence-electron chi connectivity index (χ4n) is 2.82. The highest BCUT2D eigenvalue weighted by atomic mass is 16.1. The summed E-state index contributed by atoms with van der Waals surface area (Å²) in [6, 6.07) is 3.56. The van der Waals surface area contributed by atoms with E-state index in [-0.39, 0.29) is 11.9 Å². The molecule has 3 aromatic rings. The minimum Gasteiger partial charge on any atom is -0.347 e. The monoisotopic (exact) mass is 309 g/mol. The second kappa shape index (κ2) is 5.64. The second-order valence-corrected chi connectivity index (χ2v) is 5.42. The van der Waals surface area contributed by atoms with Crippen LogP contribution in [0.2, 0.25) is 0 Å².